The lowest BCUT2D eigenvalue weighted by atomic mass is 9.95. The van der Waals surface area contributed by atoms with Gasteiger partial charge in [0.15, 0.2) is 0 Å². The molecule has 0 spiro atoms. The number of benzene rings is 1. The molecule has 0 aliphatic rings. The third-order valence-electron chi connectivity index (χ3n) is 2.58. The number of allylic oxidation sites excluding steroid dienone is 1. The standard InChI is InChI=1S/C13H16F2/c1-5-9(4)11-7-12(14)10(8(2)3)6-13(11)15/h5-9H,1H2,2-4H3. The van der Waals surface area contributed by atoms with Crippen LogP contribution in [-0.4, -0.2) is 0 Å². The molecule has 0 amide bonds. The molecule has 0 aliphatic carbocycles. The smallest absolute Gasteiger partial charge is 0.127 e. The maximum Gasteiger partial charge on any atom is 0.127 e. The van der Waals surface area contributed by atoms with Crippen molar-refractivity contribution in [2.24, 2.45) is 0 Å². The van der Waals surface area contributed by atoms with Crippen molar-refractivity contribution in [2.45, 2.75) is 32.6 Å². The van der Waals surface area contributed by atoms with Gasteiger partial charge in [-0.2, -0.15) is 0 Å². The predicted octanol–water partition coefficient (Wildman–Crippen LogP) is 4.38. The van der Waals surface area contributed by atoms with Gasteiger partial charge in [-0.3, -0.25) is 0 Å². The molecule has 0 bridgehead atoms. The minimum Gasteiger partial charge on any atom is -0.207 e. The van der Waals surface area contributed by atoms with Crippen LogP contribution in [0.1, 0.15) is 43.7 Å². The third-order valence-corrected chi connectivity index (χ3v) is 2.58. The van der Waals surface area contributed by atoms with E-state index in [2.05, 4.69) is 6.58 Å². The minimum absolute atomic E-state index is 0.00686. The highest BCUT2D eigenvalue weighted by Crippen LogP contribution is 2.26. The molecule has 0 aromatic heterocycles. The van der Waals surface area contributed by atoms with Gasteiger partial charge in [-0.15, -0.1) is 6.58 Å². The van der Waals surface area contributed by atoms with Crippen LogP contribution in [0, 0.1) is 11.6 Å². The summed E-state index contributed by atoms with van der Waals surface area (Å²) in [6.07, 6.45) is 1.60. The van der Waals surface area contributed by atoms with E-state index in [0.717, 1.165) is 0 Å². The van der Waals surface area contributed by atoms with Crippen LogP contribution in [0.3, 0.4) is 0 Å². The molecule has 1 aromatic rings. The summed E-state index contributed by atoms with van der Waals surface area (Å²) in [6, 6.07) is 2.56. The monoisotopic (exact) mass is 210 g/mol. The van der Waals surface area contributed by atoms with Crippen LogP contribution in [-0.2, 0) is 0 Å². The van der Waals surface area contributed by atoms with Crippen molar-refractivity contribution >= 4 is 0 Å². The zero-order valence-electron chi connectivity index (χ0n) is 9.35. The Kier molecular flexibility index (Phi) is 3.61. The summed E-state index contributed by atoms with van der Waals surface area (Å²) in [5.74, 6) is -0.865. The highest BCUT2D eigenvalue weighted by molar-refractivity contribution is 5.31. The molecular weight excluding hydrogens is 194 g/mol. The summed E-state index contributed by atoms with van der Waals surface area (Å²) in [6.45, 7) is 9.05. The van der Waals surface area contributed by atoms with Crippen LogP contribution >= 0.6 is 0 Å². The molecule has 1 atom stereocenters. The molecule has 0 saturated heterocycles. The summed E-state index contributed by atoms with van der Waals surface area (Å²) in [4.78, 5) is 0. The zero-order chi connectivity index (χ0) is 11.6. The van der Waals surface area contributed by atoms with Gasteiger partial charge in [0, 0.05) is 5.92 Å². The van der Waals surface area contributed by atoms with E-state index < -0.39 is 0 Å². The van der Waals surface area contributed by atoms with E-state index in [-0.39, 0.29) is 23.5 Å². The maximum atomic E-state index is 13.6. The molecule has 1 rings (SSSR count). The molecule has 82 valence electrons. The lowest BCUT2D eigenvalue weighted by Gasteiger charge is -2.12. The van der Waals surface area contributed by atoms with E-state index in [4.69, 9.17) is 0 Å². The number of hydrogen-bond acceptors (Lipinski definition) is 0. The van der Waals surface area contributed by atoms with E-state index in [9.17, 15) is 8.78 Å². The normalized spacial score (nSPS) is 12.9. The molecule has 0 nitrogen and oxygen atoms in total. The van der Waals surface area contributed by atoms with Crippen LogP contribution in [0.25, 0.3) is 0 Å². The van der Waals surface area contributed by atoms with E-state index >= 15 is 0 Å². The largest absolute Gasteiger partial charge is 0.207 e. The minimum atomic E-state index is -0.354. The third kappa shape index (κ3) is 2.44. The average Bonchev–Trinajstić information content (AvgIpc) is 2.19. The molecule has 0 heterocycles. The van der Waals surface area contributed by atoms with Crippen LogP contribution in [0.4, 0.5) is 8.78 Å². The number of rotatable bonds is 3. The molecule has 0 N–H and O–H groups in total. The molecule has 1 aromatic carbocycles. The second-order valence-electron chi connectivity index (χ2n) is 4.07. The second kappa shape index (κ2) is 4.56. The zero-order valence-corrected chi connectivity index (χ0v) is 9.35. The van der Waals surface area contributed by atoms with E-state index in [0.29, 0.717) is 11.1 Å². The van der Waals surface area contributed by atoms with E-state index in [1.807, 2.05) is 13.8 Å². The number of hydrogen-bond donors (Lipinski definition) is 0. The highest BCUT2D eigenvalue weighted by atomic mass is 19.1. The quantitative estimate of drug-likeness (QED) is 0.649. The fraction of sp³-hybridized carbons (Fsp3) is 0.385. The summed E-state index contributed by atoms with van der Waals surface area (Å²) in [7, 11) is 0. The van der Waals surface area contributed by atoms with Gasteiger partial charge < -0.3 is 0 Å². The fourth-order valence-corrected chi connectivity index (χ4v) is 1.50. The fourth-order valence-electron chi connectivity index (χ4n) is 1.50. The first-order chi connectivity index (χ1) is 6.97. The summed E-state index contributed by atoms with van der Waals surface area (Å²) in [5, 5.41) is 0. The summed E-state index contributed by atoms with van der Waals surface area (Å²) < 4.78 is 27.2. The van der Waals surface area contributed by atoms with Crippen molar-refractivity contribution < 1.29 is 8.78 Å². The predicted molar refractivity (Wildman–Crippen MR) is 59.1 cm³/mol. The Morgan fingerprint density at radius 3 is 2.00 bits per heavy atom. The molecule has 0 radical (unpaired) electrons. The Morgan fingerprint density at radius 1 is 1.07 bits per heavy atom. The van der Waals surface area contributed by atoms with Crippen LogP contribution < -0.4 is 0 Å². The summed E-state index contributed by atoms with van der Waals surface area (Å²) in [5.41, 5.74) is 0.791. The molecule has 15 heavy (non-hydrogen) atoms. The van der Waals surface area contributed by atoms with E-state index in [1.54, 1.807) is 13.0 Å². The second-order valence-corrected chi connectivity index (χ2v) is 4.07. The molecule has 0 aliphatic heterocycles. The Bertz CT molecular complexity index is 367. The van der Waals surface area contributed by atoms with Crippen molar-refractivity contribution in [1.29, 1.82) is 0 Å². The van der Waals surface area contributed by atoms with Crippen molar-refractivity contribution in [1.82, 2.24) is 0 Å². The Hall–Kier alpha value is -1.18. The molecule has 2 heteroatoms. The first kappa shape index (κ1) is 11.9. The van der Waals surface area contributed by atoms with Gasteiger partial charge in [-0.25, -0.2) is 8.78 Å². The lowest BCUT2D eigenvalue weighted by Crippen LogP contribution is -2.01. The van der Waals surface area contributed by atoms with Crippen molar-refractivity contribution in [3.8, 4) is 0 Å². The Labute approximate surface area is 89.6 Å². The van der Waals surface area contributed by atoms with Crippen molar-refractivity contribution in [3.05, 3.63) is 47.5 Å². The van der Waals surface area contributed by atoms with Crippen molar-refractivity contribution in [3.63, 3.8) is 0 Å². The molecule has 0 saturated carbocycles. The maximum absolute atomic E-state index is 13.6. The SMILES string of the molecule is C=CC(C)c1cc(F)c(C(C)C)cc1F. The molecular formula is C13H16F2. The van der Waals surface area contributed by atoms with Crippen LogP contribution in [0.15, 0.2) is 24.8 Å². The van der Waals surface area contributed by atoms with Gasteiger partial charge in [0.1, 0.15) is 11.6 Å². The van der Waals surface area contributed by atoms with Gasteiger partial charge in [-0.1, -0.05) is 26.8 Å². The van der Waals surface area contributed by atoms with Gasteiger partial charge >= 0.3 is 0 Å². The lowest BCUT2D eigenvalue weighted by molar-refractivity contribution is 0.561. The van der Waals surface area contributed by atoms with Gasteiger partial charge in [0.05, 0.1) is 0 Å². The van der Waals surface area contributed by atoms with Gasteiger partial charge in [0.2, 0.25) is 0 Å². The number of halogens is 2. The molecule has 0 fully saturated rings. The van der Waals surface area contributed by atoms with Gasteiger partial charge in [-0.05, 0) is 29.2 Å². The summed E-state index contributed by atoms with van der Waals surface area (Å²) >= 11 is 0. The van der Waals surface area contributed by atoms with Gasteiger partial charge in [0.25, 0.3) is 0 Å². The topological polar surface area (TPSA) is 0 Å². The first-order valence-electron chi connectivity index (χ1n) is 5.08. The van der Waals surface area contributed by atoms with E-state index in [1.165, 1.54) is 12.1 Å². The Morgan fingerprint density at radius 2 is 1.53 bits per heavy atom. The van der Waals surface area contributed by atoms with Crippen LogP contribution in [0.2, 0.25) is 0 Å². The first-order valence-corrected chi connectivity index (χ1v) is 5.08. The molecule has 1 unspecified atom stereocenters. The highest BCUT2D eigenvalue weighted by Gasteiger charge is 2.14. The van der Waals surface area contributed by atoms with Crippen molar-refractivity contribution in [2.75, 3.05) is 0 Å². The average molecular weight is 210 g/mol. The Balaban J connectivity index is 3.25. The van der Waals surface area contributed by atoms with Crippen LogP contribution in [0.5, 0.6) is 0 Å².